The van der Waals surface area contributed by atoms with Gasteiger partial charge in [0, 0.05) is 47.5 Å². The van der Waals surface area contributed by atoms with E-state index in [9.17, 15) is 0 Å². The first-order valence-electron chi connectivity index (χ1n) is 8.56. The molecule has 1 aliphatic rings. The van der Waals surface area contributed by atoms with Gasteiger partial charge in [0.1, 0.15) is 5.82 Å². The maximum atomic E-state index is 6.00. The predicted molar refractivity (Wildman–Crippen MR) is 102 cm³/mol. The van der Waals surface area contributed by atoms with Crippen LogP contribution in [0.5, 0.6) is 0 Å². The Morgan fingerprint density at radius 3 is 2.60 bits per heavy atom. The number of aromatic nitrogens is 3. The molecule has 0 N–H and O–H groups in total. The maximum Gasteiger partial charge on any atom is 0.158 e. The minimum Gasteiger partial charge on any atom is -0.355 e. The average Bonchev–Trinajstić information content (AvgIpc) is 3.21. The van der Waals surface area contributed by atoms with Crippen LogP contribution in [0, 0.1) is 6.92 Å². The second kappa shape index (κ2) is 6.32. The van der Waals surface area contributed by atoms with Crippen LogP contribution in [-0.4, -0.2) is 52.7 Å². The molecule has 0 bridgehead atoms. The Labute approximate surface area is 152 Å². The maximum absolute atomic E-state index is 6.00. The molecule has 1 fully saturated rings. The first kappa shape index (κ1) is 16.4. The summed E-state index contributed by atoms with van der Waals surface area (Å²) < 4.78 is 1.97. The third kappa shape index (κ3) is 3.10. The summed E-state index contributed by atoms with van der Waals surface area (Å²) >= 11 is 6.00. The number of benzene rings is 1. The summed E-state index contributed by atoms with van der Waals surface area (Å²) in [5, 5.41) is 5.55. The summed E-state index contributed by atoms with van der Waals surface area (Å²) in [7, 11) is 4.29. The lowest BCUT2D eigenvalue weighted by Gasteiger charge is -2.22. The molecule has 0 spiro atoms. The smallest absolute Gasteiger partial charge is 0.158 e. The van der Waals surface area contributed by atoms with E-state index in [0.717, 1.165) is 46.5 Å². The molecule has 130 valence electrons. The lowest BCUT2D eigenvalue weighted by molar-refractivity contribution is 0.315. The third-order valence-corrected chi connectivity index (χ3v) is 5.15. The Bertz CT molecular complexity index is 900. The zero-order valence-corrected chi connectivity index (χ0v) is 15.5. The molecule has 3 heterocycles. The van der Waals surface area contributed by atoms with Crippen LogP contribution in [0.15, 0.2) is 36.4 Å². The molecular weight excluding hydrogens is 334 g/mol. The van der Waals surface area contributed by atoms with Crippen molar-refractivity contribution in [2.75, 3.05) is 32.1 Å². The van der Waals surface area contributed by atoms with E-state index in [1.54, 1.807) is 0 Å². The van der Waals surface area contributed by atoms with Gasteiger partial charge in [-0.05, 0) is 39.6 Å². The largest absolute Gasteiger partial charge is 0.355 e. The Morgan fingerprint density at radius 1 is 1.16 bits per heavy atom. The Balaban J connectivity index is 1.76. The number of fused-ring (bicyclic) bond motifs is 1. The monoisotopic (exact) mass is 355 g/mol. The summed E-state index contributed by atoms with van der Waals surface area (Å²) in [4.78, 5) is 9.37. The fraction of sp³-hybridized carbons (Fsp3) is 0.368. The molecule has 4 rings (SSSR count). The minimum atomic E-state index is 0.579. The number of nitrogens with zero attached hydrogens (tertiary/aromatic N) is 5. The molecule has 1 unspecified atom stereocenters. The van der Waals surface area contributed by atoms with E-state index in [-0.39, 0.29) is 0 Å². The van der Waals surface area contributed by atoms with Gasteiger partial charge in [-0.3, -0.25) is 0 Å². The van der Waals surface area contributed by atoms with Crippen molar-refractivity contribution in [1.29, 1.82) is 0 Å². The molecule has 3 aromatic rings. The van der Waals surface area contributed by atoms with Crippen LogP contribution in [0.4, 0.5) is 5.82 Å². The zero-order valence-electron chi connectivity index (χ0n) is 14.8. The number of aryl methyl sites for hydroxylation is 1. The van der Waals surface area contributed by atoms with E-state index in [0.29, 0.717) is 6.04 Å². The molecule has 1 saturated heterocycles. The zero-order chi connectivity index (χ0) is 17.6. The number of rotatable bonds is 3. The van der Waals surface area contributed by atoms with Gasteiger partial charge in [-0.1, -0.05) is 23.7 Å². The van der Waals surface area contributed by atoms with Gasteiger partial charge < -0.3 is 9.80 Å². The molecule has 1 aliphatic heterocycles. The van der Waals surface area contributed by atoms with Crippen LogP contribution in [0.25, 0.3) is 16.9 Å². The van der Waals surface area contributed by atoms with Gasteiger partial charge in [0.2, 0.25) is 0 Å². The molecule has 5 nitrogen and oxygen atoms in total. The Hall–Kier alpha value is -2.11. The van der Waals surface area contributed by atoms with Gasteiger partial charge in [0.25, 0.3) is 0 Å². The van der Waals surface area contributed by atoms with Crippen molar-refractivity contribution in [3.63, 3.8) is 0 Å². The van der Waals surface area contributed by atoms with Crippen LogP contribution in [0.1, 0.15) is 12.1 Å². The van der Waals surface area contributed by atoms with Crippen molar-refractivity contribution in [2.45, 2.75) is 19.4 Å². The predicted octanol–water partition coefficient (Wildman–Crippen LogP) is 3.50. The number of hydrogen-bond donors (Lipinski definition) is 0. The van der Waals surface area contributed by atoms with E-state index in [2.05, 4.69) is 34.9 Å². The van der Waals surface area contributed by atoms with Crippen molar-refractivity contribution in [2.24, 2.45) is 0 Å². The highest BCUT2D eigenvalue weighted by molar-refractivity contribution is 6.30. The fourth-order valence-electron chi connectivity index (χ4n) is 3.44. The molecule has 0 saturated carbocycles. The highest BCUT2D eigenvalue weighted by atomic mass is 35.5. The molecule has 6 heteroatoms. The highest BCUT2D eigenvalue weighted by Crippen LogP contribution is 2.27. The number of hydrogen-bond acceptors (Lipinski definition) is 4. The molecule has 1 aromatic carbocycles. The van der Waals surface area contributed by atoms with Crippen molar-refractivity contribution >= 4 is 23.1 Å². The quantitative estimate of drug-likeness (QED) is 0.720. The summed E-state index contributed by atoms with van der Waals surface area (Å²) in [6, 6.07) is 12.5. The van der Waals surface area contributed by atoms with E-state index in [1.807, 2.05) is 41.8 Å². The average molecular weight is 356 g/mol. The van der Waals surface area contributed by atoms with Crippen LogP contribution in [0.3, 0.4) is 0 Å². The number of halogens is 1. The molecule has 0 amide bonds. The third-order valence-electron chi connectivity index (χ3n) is 4.89. The second-order valence-electron chi connectivity index (χ2n) is 6.91. The molecule has 25 heavy (non-hydrogen) atoms. The topological polar surface area (TPSA) is 36.7 Å². The van der Waals surface area contributed by atoms with Crippen LogP contribution in [-0.2, 0) is 0 Å². The molecule has 2 aromatic heterocycles. The standard InChI is InChI=1S/C19H22ClN5/c1-13-10-19(24-9-8-16(12-24)23(2)3)25-18(21-13)11-17(22-25)14-4-6-15(20)7-5-14/h4-7,10-11,16H,8-9,12H2,1-3H3. The lowest BCUT2D eigenvalue weighted by atomic mass is 10.2. The number of anilines is 1. The first-order chi connectivity index (χ1) is 12.0. The van der Waals surface area contributed by atoms with E-state index in [1.165, 1.54) is 6.42 Å². The molecule has 0 radical (unpaired) electrons. The SMILES string of the molecule is Cc1cc(N2CCC(N(C)C)C2)n2nc(-c3ccc(Cl)cc3)cc2n1. The molecule has 0 aliphatic carbocycles. The van der Waals surface area contributed by atoms with Crippen molar-refractivity contribution in [1.82, 2.24) is 19.5 Å². The number of likely N-dealkylation sites (N-methyl/N-ethyl adjacent to an activating group) is 1. The highest BCUT2D eigenvalue weighted by Gasteiger charge is 2.26. The van der Waals surface area contributed by atoms with Crippen LogP contribution in [0.2, 0.25) is 5.02 Å². The van der Waals surface area contributed by atoms with Crippen molar-refractivity contribution in [3.8, 4) is 11.3 Å². The summed E-state index contributed by atoms with van der Waals surface area (Å²) in [6.07, 6.45) is 1.17. The summed E-state index contributed by atoms with van der Waals surface area (Å²) in [6.45, 7) is 4.09. The van der Waals surface area contributed by atoms with Crippen molar-refractivity contribution in [3.05, 3.63) is 47.1 Å². The van der Waals surface area contributed by atoms with Gasteiger partial charge in [0.05, 0.1) is 5.69 Å². The van der Waals surface area contributed by atoms with Gasteiger partial charge in [-0.15, -0.1) is 0 Å². The van der Waals surface area contributed by atoms with Gasteiger partial charge in [-0.25, -0.2) is 4.98 Å². The Morgan fingerprint density at radius 2 is 1.92 bits per heavy atom. The second-order valence-corrected chi connectivity index (χ2v) is 7.35. The minimum absolute atomic E-state index is 0.579. The van der Waals surface area contributed by atoms with E-state index in [4.69, 9.17) is 16.7 Å². The van der Waals surface area contributed by atoms with E-state index < -0.39 is 0 Å². The molecular formula is C19H22ClN5. The first-order valence-corrected chi connectivity index (χ1v) is 8.94. The normalized spacial score (nSPS) is 17.8. The fourth-order valence-corrected chi connectivity index (χ4v) is 3.56. The summed E-state index contributed by atoms with van der Waals surface area (Å²) in [5.41, 5.74) is 3.86. The molecule has 1 atom stereocenters. The van der Waals surface area contributed by atoms with Crippen LogP contribution >= 0.6 is 11.6 Å². The van der Waals surface area contributed by atoms with Crippen molar-refractivity contribution < 1.29 is 0 Å². The van der Waals surface area contributed by atoms with Crippen LogP contribution < -0.4 is 4.90 Å². The van der Waals surface area contributed by atoms with Gasteiger partial charge in [-0.2, -0.15) is 9.61 Å². The Kier molecular flexibility index (Phi) is 4.13. The lowest BCUT2D eigenvalue weighted by Crippen LogP contribution is -2.32. The van der Waals surface area contributed by atoms with Gasteiger partial charge in [0.15, 0.2) is 5.65 Å². The van der Waals surface area contributed by atoms with E-state index >= 15 is 0 Å². The van der Waals surface area contributed by atoms with Gasteiger partial charge >= 0.3 is 0 Å². The summed E-state index contributed by atoms with van der Waals surface area (Å²) in [5.74, 6) is 1.12.